The summed E-state index contributed by atoms with van der Waals surface area (Å²) in [5.74, 6) is 0. The van der Waals surface area contributed by atoms with Gasteiger partial charge in [0, 0.05) is 19.8 Å². The van der Waals surface area contributed by atoms with Crippen LogP contribution in [0.2, 0.25) is 0 Å². The molecule has 2 N–H and O–H groups in total. The first-order valence-electron chi connectivity index (χ1n) is 7.31. The van der Waals surface area contributed by atoms with Crippen LogP contribution in [0.25, 0.3) is 0 Å². The number of nitrogens with zero attached hydrogens (tertiary/aromatic N) is 1. The van der Waals surface area contributed by atoms with Crippen molar-refractivity contribution in [1.29, 1.82) is 0 Å². The number of carbonyl (C=O) groups excluding carboxylic acids is 1. The molecule has 1 aliphatic heterocycles. The summed E-state index contributed by atoms with van der Waals surface area (Å²) in [5, 5.41) is 4.33. The van der Waals surface area contributed by atoms with Crippen molar-refractivity contribution in [2.24, 2.45) is 0 Å². The zero-order valence-electron chi connectivity index (χ0n) is 14.1. The topological polar surface area (TPSA) is 62.8 Å². The number of benzene rings is 1. The molecule has 2 rings (SSSR count). The molecule has 0 unspecified atom stereocenters. The molecule has 1 aromatic carbocycles. The zero-order valence-corrected chi connectivity index (χ0v) is 14.1. The van der Waals surface area contributed by atoms with Gasteiger partial charge in [0.2, 0.25) is 0 Å². The van der Waals surface area contributed by atoms with Crippen LogP contribution in [-0.2, 0) is 9.31 Å². The number of hydrazine groups is 1. The van der Waals surface area contributed by atoms with Crippen LogP contribution in [0.1, 0.15) is 27.7 Å². The summed E-state index contributed by atoms with van der Waals surface area (Å²) in [6.45, 7) is 8.09. The van der Waals surface area contributed by atoms with Gasteiger partial charge in [0.05, 0.1) is 11.2 Å². The van der Waals surface area contributed by atoms with Crippen LogP contribution in [0.5, 0.6) is 0 Å². The predicted molar refractivity (Wildman–Crippen MR) is 88.0 cm³/mol. The normalized spacial score (nSPS) is 19.3. The van der Waals surface area contributed by atoms with E-state index in [4.69, 9.17) is 9.31 Å². The van der Waals surface area contributed by atoms with E-state index in [2.05, 4.69) is 10.7 Å². The Morgan fingerprint density at radius 3 is 2.00 bits per heavy atom. The minimum atomic E-state index is -0.394. The van der Waals surface area contributed by atoms with E-state index >= 15 is 0 Å². The smallest absolute Gasteiger partial charge is 0.399 e. The van der Waals surface area contributed by atoms with Crippen LogP contribution in [-0.4, -0.2) is 43.5 Å². The van der Waals surface area contributed by atoms with Crippen LogP contribution >= 0.6 is 0 Å². The van der Waals surface area contributed by atoms with Crippen molar-refractivity contribution in [3.05, 3.63) is 24.3 Å². The Kier molecular flexibility index (Phi) is 4.51. The summed E-state index contributed by atoms with van der Waals surface area (Å²) in [4.78, 5) is 11.6. The van der Waals surface area contributed by atoms with Gasteiger partial charge in [-0.1, -0.05) is 12.1 Å². The second kappa shape index (κ2) is 5.91. The lowest BCUT2D eigenvalue weighted by Crippen LogP contribution is -2.41. The quantitative estimate of drug-likeness (QED) is 0.657. The van der Waals surface area contributed by atoms with Gasteiger partial charge < -0.3 is 14.6 Å². The molecule has 1 aromatic rings. The lowest BCUT2D eigenvalue weighted by atomic mass is 9.79. The highest BCUT2D eigenvalue weighted by molar-refractivity contribution is 6.62. The van der Waals surface area contributed by atoms with Crippen molar-refractivity contribution in [1.82, 2.24) is 10.4 Å². The van der Waals surface area contributed by atoms with Crippen LogP contribution in [0.4, 0.5) is 10.5 Å². The first-order valence-corrected chi connectivity index (χ1v) is 7.31. The summed E-state index contributed by atoms with van der Waals surface area (Å²) >= 11 is 0. The summed E-state index contributed by atoms with van der Waals surface area (Å²) in [5.41, 5.74) is 3.53. The molecule has 120 valence electrons. The number of urea groups is 1. The summed E-state index contributed by atoms with van der Waals surface area (Å²) in [6.07, 6.45) is 0. The van der Waals surface area contributed by atoms with E-state index < -0.39 is 7.12 Å². The third kappa shape index (κ3) is 3.60. The average molecular weight is 305 g/mol. The number of rotatable bonds is 3. The molecule has 0 aliphatic carbocycles. The predicted octanol–water partition coefficient (Wildman–Crippen LogP) is 1.58. The first-order chi connectivity index (χ1) is 10.1. The van der Waals surface area contributed by atoms with Crippen LogP contribution in [0.15, 0.2) is 24.3 Å². The van der Waals surface area contributed by atoms with Gasteiger partial charge in [0.15, 0.2) is 0 Å². The lowest BCUT2D eigenvalue weighted by molar-refractivity contribution is 0.00578. The molecule has 2 amide bonds. The number of hydrogen-bond acceptors (Lipinski definition) is 4. The molecular weight excluding hydrogens is 281 g/mol. The Bertz CT molecular complexity index is 527. The maximum Gasteiger partial charge on any atom is 0.494 e. The van der Waals surface area contributed by atoms with Crippen LogP contribution in [0.3, 0.4) is 0 Å². The molecule has 0 bridgehead atoms. The molecule has 6 nitrogen and oxygen atoms in total. The maximum absolute atomic E-state index is 11.6. The van der Waals surface area contributed by atoms with E-state index in [0.717, 1.165) is 5.46 Å². The molecule has 7 heteroatoms. The van der Waals surface area contributed by atoms with Crippen molar-refractivity contribution < 1.29 is 14.1 Å². The highest BCUT2D eigenvalue weighted by atomic mass is 16.7. The molecule has 1 aliphatic rings. The van der Waals surface area contributed by atoms with E-state index in [-0.39, 0.29) is 17.2 Å². The van der Waals surface area contributed by atoms with Gasteiger partial charge in [-0.05, 0) is 45.3 Å². The number of anilines is 1. The number of hydrogen-bond donors (Lipinski definition) is 2. The van der Waals surface area contributed by atoms with E-state index in [0.29, 0.717) is 5.69 Å². The molecule has 1 heterocycles. The number of carbonyl (C=O) groups is 1. The SMILES string of the molecule is CN(C)NC(=O)Nc1ccc(B2OC(C)(C)C(C)(C)O2)cc1. The fourth-order valence-corrected chi connectivity index (χ4v) is 2.06. The van der Waals surface area contributed by atoms with E-state index in [1.807, 2.05) is 52.0 Å². The second-order valence-corrected chi connectivity index (χ2v) is 6.67. The third-order valence-corrected chi connectivity index (χ3v) is 4.02. The molecule has 0 atom stereocenters. The molecule has 1 saturated heterocycles. The second-order valence-electron chi connectivity index (χ2n) is 6.67. The fourth-order valence-electron chi connectivity index (χ4n) is 2.06. The molecular formula is C15H24BN3O3. The van der Waals surface area contributed by atoms with Gasteiger partial charge in [-0.25, -0.2) is 9.80 Å². The van der Waals surface area contributed by atoms with Gasteiger partial charge in [-0.3, -0.25) is 5.43 Å². The van der Waals surface area contributed by atoms with Gasteiger partial charge in [0.1, 0.15) is 0 Å². The zero-order chi connectivity index (χ0) is 16.5. The van der Waals surface area contributed by atoms with Gasteiger partial charge >= 0.3 is 13.1 Å². The summed E-state index contributed by atoms with van der Waals surface area (Å²) in [7, 11) is 3.11. The minimum Gasteiger partial charge on any atom is -0.399 e. The summed E-state index contributed by atoms with van der Waals surface area (Å²) < 4.78 is 12.0. The average Bonchev–Trinajstić information content (AvgIpc) is 2.58. The third-order valence-electron chi connectivity index (χ3n) is 4.02. The van der Waals surface area contributed by atoms with Gasteiger partial charge in [-0.2, -0.15) is 0 Å². The minimum absolute atomic E-state index is 0.284. The number of nitrogens with one attached hydrogen (secondary N) is 2. The number of amides is 2. The van der Waals surface area contributed by atoms with E-state index in [1.54, 1.807) is 19.1 Å². The first kappa shape index (κ1) is 16.8. The lowest BCUT2D eigenvalue weighted by Gasteiger charge is -2.32. The van der Waals surface area contributed by atoms with Crippen LogP contribution < -0.4 is 16.2 Å². The Morgan fingerprint density at radius 1 is 1.05 bits per heavy atom. The molecule has 0 spiro atoms. The van der Waals surface area contributed by atoms with E-state index in [1.165, 1.54) is 0 Å². The van der Waals surface area contributed by atoms with E-state index in [9.17, 15) is 4.79 Å². The molecule has 1 fully saturated rings. The van der Waals surface area contributed by atoms with Crippen molar-refractivity contribution in [3.63, 3.8) is 0 Å². The van der Waals surface area contributed by atoms with Gasteiger partial charge in [0.25, 0.3) is 0 Å². The molecule has 0 aromatic heterocycles. The maximum atomic E-state index is 11.6. The molecule has 0 saturated carbocycles. The van der Waals surface area contributed by atoms with Crippen molar-refractivity contribution in [2.45, 2.75) is 38.9 Å². The van der Waals surface area contributed by atoms with Gasteiger partial charge in [-0.15, -0.1) is 0 Å². The molecule has 0 radical (unpaired) electrons. The van der Waals surface area contributed by atoms with Crippen LogP contribution in [0, 0.1) is 0 Å². The Balaban J connectivity index is 2.03. The Hall–Kier alpha value is -1.57. The Labute approximate surface area is 132 Å². The van der Waals surface area contributed by atoms with Crippen molar-refractivity contribution >= 4 is 24.3 Å². The highest BCUT2D eigenvalue weighted by Crippen LogP contribution is 2.36. The Morgan fingerprint density at radius 2 is 1.55 bits per heavy atom. The standard InChI is InChI=1S/C15H24BN3O3/c1-14(2)15(3,4)22-16(21-14)11-7-9-12(10-8-11)17-13(20)18-19(5)6/h7-10H,1-6H3,(H2,17,18,20). The fraction of sp³-hybridized carbons (Fsp3) is 0.533. The monoisotopic (exact) mass is 305 g/mol. The van der Waals surface area contributed by atoms with Crippen molar-refractivity contribution in [2.75, 3.05) is 19.4 Å². The highest BCUT2D eigenvalue weighted by Gasteiger charge is 2.51. The van der Waals surface area contributed by atoms with Crippen molar-refractivity contribution in [3.8, 4) is 0 Å². The largest absolute Gasteiger partial charge is 0.494 e. The molecule has 22 heavy (non-hydrogen) atoms. The summed E-state index contributed by atoms with van der Waals surface area (Å²) in [6, 6.07) is 7.17.